The molecule has 21 heavy (non-hydrogen) atoms. The number of benzene rings is 2. The molecule has 0 aliphatic rings. The molecule has 0 spiro atoms. The maximum atomic E-state index is 12.6. The van der Waals surface area contributed by atoms with Crippen molar-refractivity contribution in [1.82, 2.24) is 0 Å². The molecule has 2 aromatic rings. The summed E-state index contributed by atoms with van der Waals surface area (Å²) in [6, 6.07) is 9.90. The van der Waals surface area contributed by atoms with Crippen molar-refractivity contribution in [3.63, 3.8) is 0 Å². The lowest BCUT2D eigenvalue weighted by molar-refractivity contribution is -0.137. The Bertz CT molecular complexity index is 670. The first-order chi connectivity index (χ1) is 9.88. The molecule has 0 atom stereocenters. The van der Waals surface area contributed by atoms with E-state index in [1.165, 1.54) is 6.21 Å². The normalized spacial score (nSPS) is 11.9. The van der Waals surface area contributed by atoms with Crippen LogP contribution in [0.2, 0.25) is 10.0 Å². The maximum absolute atomic E-state index is 12.6. The van der Waals surface area contributed by atoms with Gasteiger partial charge in [0.15, 0.2) is 0 Å². The zero-order valence-corrected chi connectivity index (χ0v) is 12.0. The number of hydrogen-bond donors (Lipinski definition) is 1. The Morgan fingerprint density at radius 3 is 2.38 bits per heavy atom. The van der Waals surface area contributed by atoms with Gasteiger partial charge in [-0.05, 0) is 24.3 Å². The van der Waals surface area contributed by atoms with Gasteiger partial charge in [-0.2, -0.15) is 18.3 Å². The van der Waals surface area contributed by atoms with Crippen LogP contribution in [0.15, 0.2) is 47.6 Å². The van der Waals surface area contributed by atoms with Crippen molar-refractivity contribution in [2.24, 2.45) is 5.10 Å². The highest BCUT2D eigenvalue weighted by atomic mass is 35.5. The monoisotopic (exact) mass is 332 g/mol. The smallest absolute Gasteiger partial charge is 0.277 e. The third kappa shape index (κ3) is 4.12. The van der Waals surface area contributed by atoms with E-state index >= 15 is 0 Å². The summed E-state index contributed by atoms with van der Waals surface area (Å²) in [7, 11) is 0. The van der Waals surface area contributed by atoms with Gasteiger partial charge in [-0.1, -0.05) is 41.4 Å². The molecule has 0 aliphatic heterocycles. The molecule has 0 fully saturated rings. The molecular weight excluding hydrogens is 324 g/mol. The minimum Gasteiger partial charge on any atom is -0.277 e. The van der Waals surface area contributed by atoms with Crippen molar-refractivity contribution in [2.75, 3.05) is 5.43 Å². The standard InChI is InChI=1S/C14H9Cl2F3N2/c15-11-4-2-1-3-9(11)8-20-21-13-7-10(14(17,18)19)5-6-12(13)16/h1-8,21H. The molecular formula is C14H9Cl2F3N2. The highest BCUT2D eigenvalue weighted by molar-refractivity contribution is 6.33. The summed E-state index contributed by atoms with van der Waals surface area (Å²) in [5, 5.41) is 4.47. The Morgan fingerprint density at radius 1 is 1.00 bits per heavy atom. The lowest BCUT2D eigenvalue weighted by Crippen LogP contribution is -2.05. The van der Waals surface area contributed by atoms with E-state index in [1.807, 2.05) is 0 Å². The Morgan fingerprint density at radius 2 is 1.71 bits per heavy atom. The van der Waals surface area contributed by atoms with Gasteiger partial charge in [0.2, 0.25) is 0 Å². The largest absolute Gasteiger partial charge is 0.416 e. The predicted molar refractivity (Wildman–Crippen MR) is 79.1 cm³/mol. The molecule has 0 saturated carbocycles. The van der Waals surface area contributed by atoms with Crippen molar-refractivity contribution in [3.8, 4) is 0 Å². The van der Waals surface area contributed by atoms with Gasteiger partial charge in [0.25, 0.3) is 0 Å². The number of nitrogens with one attached hydrogen (secondary N) is 1. The van der Waals surface area contributed by atoms with Gasteiger partial charge in [-0.3, -0.25) is 5.43 Å². The molecule has 0 radical (unpaired) electrons. The highest BCUT2D eigenvalue weighted by Gasteiger charge is 2.30. The molecule has 0 aliphatic carbocycles. The topological polar surface area (TPSA) is 24.4 Å². The summed E-state index contributed by atoms with van der Waals surface area (Å²) in [6.07, 6.45) is -3.04. The zero-order chi connectivity index (χ0) is 15.5. The van der Waals surface area contributed by atoms with Crippen LogP contribution in [0.5, 0.6) is 0 Å². The quantitative estimate of drug-likeness (QED) is 0.585. The van der Waals surface area contributed by atoms with Crippen molar-refractivity contribution >= 4 is 35.1 Å². The summed E-state index contributed by atoms with van der Waals surface area (Å²) < 4.78 is 37.8. The Kier molecular flexibility index (Phi) is 4.75. The third-order valence-electron chi connectivity index (χ3n) is 2.59. The minimum atomic E-state index is -4.44. The Labute approximate surface area is 129 Å². The molecule has 2 nitrogen and oxygen atoms in total. The molecule has 1 N–H and O–H groups in total. The van der Waals surface area contributed by atoms with Crippen LogP contribution in [0.1, 0.15) is 11.1 Å². The van der Waals surface area contributed by atoms with Gasteiger partial charge >= 0.3 is 6.18 Å². The van der Waals surface area contributed by atoms with E-state index in [0.717, 1.165) is 18.2 Å². The first kappa shape index (κ1) is 15.7. The van der Waals surface area contributed by atoms with Crippen LogP contribution in [0.4, 0.5) is 18.9 Å². The number of hydrogen-bond acceptors (Lipinski definition) is 2. The summed E-state index contributed by atoms with van der Waals surface area (Å²) >= 11 is 11.8. The Balaban J connectivity index is 2.18. The van der Waals surface area contributed by atoms with E-state index in [0.29, 0.717) is 10.6 Å². The summed E-state index contributed by atoms with van der Waals surface area (Å²) in [5.74, 6) is 0. The maximum Gasteiger partial charge on any atom is 0.416 e. The minimum absolute atomic E-state index is 0.0646. The lowest BCUT2D eigenvalue weighted by atomic mass is 10.2. The summed E-state index contributed by atoms with van der Waals surface area (Å²) in [6.45, 7) is 0. The zero-order valence-electron chi connectivity index (χ0n) is 10.5. The molecule has 0 unspecified atom stereocenters. The van der Waals surface area contributed by atoms with Crippen molar-refractivity contribution in [3.05, 3.63) is 63.6 Å². The van der Waals surface area contributed by atoms with Crippen LogP contribution in [-0.4, -0.2) is 6.21 Å². The SMILES string of the molecule is FC(F)(F)c1ccc(Cl)c(NN=Cc2ccccc2Cl)c1. The summed E-state index contributed by atoms with van der Waals surface area (Å²) in [4.78, 5) is 0. The van der Waals surface area contributed by atoms with Gasteiger partial charge < -0.3 is 0 Å². The Hall–Kier alpha value is -1.72. The van der Waals surface area contributed by atoms with Crippen LogP contribution in [0.25, 0.3) is 0 Å². The van der Waals surface area contributed by atoms with Crippen molar-refractivity contribution in [1.29, 1.82) is 0 Å². The number of alkyl halides is 3. The van der Waals surface area contributed by atoms with Crippen LogP contribution < -0.4 is 5.43 Å². The van der Waals surface area contributed by atoms with Gasteiger partial charge in [0.1, 0.15) is 0 Å². The van der Waals surface area contributed by atoms with Crippen LogP contribution in [0, 0.1) is 0 Å². The fraction of sp³-hybridized carbons (Fsp3) is 0.0714. The average Bonchev–Trinajstić information content (AvgIpc) is 2.41. The molecule has 0 amide bonds. The predicted octanol–water partition coefficient (Wildman–Crippen LogP) is 5.46. The third-order valence-corrected chi connectivity index (χ3v) is 3.26. The van der Waals surface area contributed by atoms with Crippen LogP contribution in [-0.2, 0) is 6.18 Å². The van der Waals surface area contributed by atoms with Crippen LogP contribution >= 0.6 is 23.2 Å². The second-order valence-corrected chi connectivity index (χ2v) is 4.90. The first-order valence-corrected chi connectivity index (χ1v) is 6.54. The van der Waals surface area contributed by atoms with Gasteiger partial charge in [0.05, 0.1) is 22.5 Å². The lowest BCUT2D eigenvalue weighted by Gasteiger charge is -2.09. The average molecular weight is 333 g/mol. The number of nitrogens with zero attached hydrogens (tertiary/aromatic N) is 1. The van der Waals surface area contributed by atoms with E-state index < -0.39 is 11.7 Å². The summed E-state index contributed by atoms with van der Waals surface area (Å²) in [5.41, 5.74) is 2.38. The second kappa shape index (κ2) is 6.37. The fourth-order valence-electron chi connectivity index (χ4n) is 1.54. The van der Waals surface area contributed by atoms with Gasteiger partial charge in [-0.25, -0.2) is 0 Å². The van der Waals surface area contributed by atoms with Crippen LogP contribution in [0.3, 0.4) is 0 Å². The van der Waals surface area contributed by atoms with E-state index in [-0.39, 0.29) is 10.7 Å². The molecule has 110 valence electrons. The molecule has 0 saturated heterocycles. The molecule has 0 heterocycles. The van der Waals surface area contributed by atoms with Gasteiger partial charge in [0, 0.05) is 10.6 Å². The van der Waals surface area contributed by atoms with E-state index in [4.69, 9.17) is 23.2 Å². The molecule has 0 aromatic heterocycles. The first-order valence-electron chi connectivity index (χ1n) is 5.78. The molecule has 0 bridgehead atoms. The molecule has 2 rings (SSSR count). The number of anilines is 1. The number of halogens is 5. The van der Waals surface area contributed by atoms with E-state index in [2.05, 4.69) is 10.5 Å². The van der Waals surface area contributed by atoms with Crippen molar-refractivity contribution < 1.29 is 13.2 Å². The fourth-order valence-corrected chi connectivity index (χ4v) is 1.88. The number of hydrazone groups is 1. The molecule has 2 aromatic carbocycles. The number of rotatable bonds is 3. The van der Waals surface area contributed by atoms with E-state index in [1.54, 1.807) is 24.3 Å². The van der Waals surface area contributed by atoms with Gasteiger partial charge in [-0.15, -0.1) is 0 Å². The van der Waals surface area contributed by atoms with E-state index in [9.17, 15) is 13.2 Å². The van der Waals surface area contributed by atoms with Crippen molar-refractivity contribution in [2.45, 2.75) is 6.18 Å². The highest BCUT2D eigenvalue weighted by Crippen LogP contribution is 2.33. The second-order valence-electron chi connectivity index (χ2n) is 4.08. The molecule has 7 heteroatoms.